The largest absolute Gasteiger partial charge is 0.491 e. The summed E-state index contributed by atoms with van der Waals surface area (Å²) in [5.74, 6) is 0.158. The van der Waals surface area contributed by atoms with E-state index in [-0.39, 0.29) is 43.7 Å². The third-order valence-electron chi connectivity index (χ3n) is 6.55. The van der Waals surface area contributed by atoms with Gasteiger partial charge in [-0.2, -0.15) is 13.2 Å². The number of unbranched alkanes of at least 4 members (excludes halogenated alkanes) is 6. The van der Waals surface area contributed by atoms with Crippen molar-refractivity contribution in [2.75, 3.05) is 39.5 Å². The first kappa shape index (κ1) is 37.7. The highest BCUT2D eigenvalue weighted by Gasteiger charge is 2.26. The van der Waals surface area contributed by atoms with E-state index < -0.39 is 34.5 Å². The number of rotatable bonds is 22. The lowest BCUT2D eigenvalue weighted by atomic mass is 10.0. The molecule has 0 bridgehead atoms. The van der Waals surface area contributed by atoms with Crippen molar-refractivity contribution in [3.8, 4) is 11.5 Å². The number of sulfone groups is 1. The summed E-state index contributed by atoms with van der Waals surface area (Å²) in [4.78, 5) is 11.2. The highest BCUT2D eigenvalue weighted by Crippen LogP contribution is 2.27. The Morgan fingerprint density at radius 2 is 1.57 bits per heavy atom. The van der Waals surface area contributed by atoms with Crippen LogP contribution in [0, 0.1) is 0 Å². The number of methoxy groups -OCH3 is 1. The Balaban J connectivity index is 1.80. The molecule has 0 radical (unpaired) electrons. The lowest BCUT2D eigenvalue weighted by Crippen LogP contribution is -2.31. The summed E-state index contributed by atoms with van der Waals surface area (Å²) in [5.41, 5.74) is 1.14. The smallest absolute Gasteiger partial charge is 0.389 e. The summed E-state index contributed by atoms with van der Waals surface area (Å²) in [6.45, 7) is 1.33. The molecule has 1 atom stereocenters. The minimum atomic E-state index is -4.06. The normalized spacial score (nSPS) is 12.6. The number of esters is 1. The van der Waals surface area contributed by atoms with Crippen LogP contribution in [0.15, 0.2) is 52.3 Å². The third-order valence-corrected chi connectivity index (χ3v) is 8.68. The first-order valence-electron chi connectivity index (χ1n) is 14.6. The van der Waals surface area contributed by atoms with Crippen molar-refractivity contribution in [2.45, 2.75) is 86.8 Å². The van der Waals surface area contributed by atoms with Crippen LogP contribution in [0.1, 0.15) is 63.9 Å². The molecule has 0 aromatic heterocycles. The Morgan fingerprint density at radius 1 is 0.909 bits per heavy atom. The number of aryl methyl sites for hydroxylation is 1. The summed E-state index contributed by atoms with van der Waals surface area (Å²) in [7, 11) is -2.34. The van der Waals surface area contributed by atoms with Gasteiger partial charge in [0.25, 0.3) is 0 Å². The molecule has 0 heterocycles. The van der Waals surface area contributed by atoms with E-state index in [1.165, 1.54) is 32.2 Å². The number of ether oxygens (including phenoxy) is 5. The van der Waals surface area contributed by atoms with Crippen LogP contribution in [0.5, 0.6) is 11.5 Å². The molecule has 0 spiro atoms. The maximum atomic E-state index is 13.2. The van der Waals surface area contributed by atoms with E-state index in [9.17, 15) is 26.4 Å². The fourth-order valence-electron chi connectivity index (χ4n) is 4.28. The highest BCUT2D eigenvalue weighted by atomic mass is 32.2. The summed E-state index contributed by atoms with van der Waals surface area (Å²) in [6.07, 6.45) is 0.928. The van der Waals surface area contributed by atoms with Gasteiger partial charge in [-0.15, -0.1) is 12.6 Å². The molecule has 0 saturated carbocycles. The van der Waals surface area contributed by atoms with Crippen LogP contribution in [-0.4, -0.2) is 66.1 Å². The van der Waals surface area contributed by atoms with Crippen molar-refractivity contribution in [2.24, 2.45) is 0 Å². The topological polar surface area (TPSA) is 97.4 Å². The second kappa shape index (κ2) is 19.8. The SMILES string of the molecule is COCO[C@H](COc1ccc(CCCCCCCCCC(F)(F)F)cc1)CS(=O)(=O)c1ccc(OCCOC(C)=O)c(S)c1. The second-order valence-corrected chi connectivity index (χ2v) is 12.9. The Hall–Kier alpha value is -2.48. The number of carbonyl (C=O) groups excluding carboxylic acids is 1. The van der Waals surface area contributed by atoms with Gasteiger partial charge in [0.05, 0.1) is 10.6 Å². The van der Waals surface area contributed by atoms with Gasteiger partial charge in [0, 0.05) is 25.3 Å². The number of hydrogen-bond acceptors (Lipinski definition) is 9. The maximum Gasteiger partial charge on any atom is 0.389 e. The molecule has 2 aromatic rings. The van der Waals surface area contributed by atoms with Gasteiger partial charge in [-0.3, -0.25) is 4.79 Å². The minimum absolute atomic E-state index is 0.0179. The molecular formula is C31H43F3O8S2. The van der Waals surface area contributed by atoms with Crippen LogP contribution < -0.4 is 9.47 Å². The molecule has 0 unspecified atom stereocenters. The van der Waals surface area contributed by atoms with Gasteiger partial charge in [0.15, 0.2) is 9.84 Å². The monoisotopic (exact) mass is 664 g/mol. The molecule has 13 heteroatoms. The molecule has 0 aliphatic carbocycles. The van der Waals surface area contributed by atoms with Crippen molar-refractivity contribution < 1.29 is 50.1 Å². The van der Waals surface area contributed by atoms with E-state index in [0.717, 1.165) is 44.1 Å². The summed E-state index contributed by atoms with van der Waals surface area (Å²) >= 11 is 4.34. The predicted octanol–water partition coefficient (Wildman–Crippen LogP) is 6.98. The molecular weight excluding hydrogens is 621 g/mol. The highest BCUT2D eigenvalue weighted by molar-refractivity contribution is 7.91. The van der Waals surface area contributed by atoms with Crippen molar-refractivity contribution in [1.29, 1.82) is 0 Å². The van der Waals surface area contributed by atoms with E-state index in [1.807, 2.05) is 24.3 Å². The molecule has 0 fully saturated rings. The van der Waals surface area contributed by atoms with Crippen LogP contribution >= 0.6 is 12.6 Å². The average molecular weight is 665 g/mol. The van der Waals surface area contributed by atoms with Gasteiger partial charge in [-0.05, 0) is 55.2 Å². The number of halogens is 3. The van der Waals surface area contributed by atoms with E-state index in [2.05, 4.69) is 12.6 Å². The maximum absolute atomic E-state index is 13.2. The third kappa shape index (κ3) is 16.0. The molecule has 2 aromatic carbocycles. The minimum Gasteiger partial charge on any atom is -0.491 e. The van der Waals surface area contributed by atoms with Gasteiger partial charge in [-0.25, -0.2) is 8.42 Å². The van der Waals surface area contributed by atoms with Gasteiger partial charge in [-0.1, -0.05) is 44.2 Å². The molecule has 248 valence electrons. The van der Waals surface area contributed by atoms with Crippen LogP contribution in [0.2, 0.25) is 0 Å². The van der Waals surface area contributed by atoms with Crippen LogP contribution in [0.3, 0.4) is 0 Å². The van der Waals surface area contributed by atoms with Gasteiger partial charge in [0.1, 0.15) is 44.2 Å². The molecule has 0 saturated heterocycles. The van der Waals surface area contributed by atoms with Crippen molar-refractivity contribution >= 4 is 28.4 Å². The van der Waals surface area contributed by atoms with Crippen LogP contribution in [0.25, 0.3) is 0 Å². The number of thiol groups is 1. The fourth-order valence-corrected chi connectivity index (χ4v) is 6.09. The molecule has 0 aliphatic rings. The molecule has 8 nitrogen and oxygen atoms in total. The standard InChI is InChI=1S/C31H43F3O8S2/c1-24(35)39-18-19-40-29-16-15-28(20-30(29)43)44(36,37)22-27(42-23-38-2)21-41-26-13-11-25(12-14-26)10-8-6-4-3-5-7-9-17-31(32,33)34/h11-16,20,27,43H,3-10,17-19,21-23H2,1-2H3/t27-/m1/s1. The Labute approximate surface area is 263 Å². The first-order chi connectivity index (χ1) is 20.9. The zero-order chi connectivity index (χ0) is 32.4. The average Bonchev–Trinajstić information content (AvgIpc) is 2.96. The Morgan fingerprint density at radius 3 is 2.18 bits per heavy atom. The molecule has 0 aliphatic heterocycles. The summed E-state index contributed by atoms with van der Waals surface area (Å²) in [6, 6.07) is 11.9. The number of carbonyl (C=O) groups is 1. The number of hydrogen-bond donors (Lipinski definition) is 1. The second-order valence-electron chi connectivity index (χ2n) is 10.3. The molecule has 2 rings (SSSR count). The van der Waals surface area contributed by atoms with E-state index in [4.69, 9.17) is 23.7 Å². The zero-order valence-corrected chi connectivity index (χ0v) is 27.0. The molecule has 0 N–H and O–H groups in total. The number of alkyl halides is 3. The fraction of sp³-hybridized carbons (Fsp3) is 0.581. The van der Waals surface area contributed by atoms with E-state index in [1.54, 1.807) is 0 Å². The number of benzene rings is 2. The van der Waals surface area contributed by atoms with Gasteiger partial charge in [0.2, 0.25) is 0 Å². The van der Waals surface area contributed by atoms with E-state index >= 15 is 0 Å². The van der Waals surface area contributed by atoms with Crippen molar-refractivity contribution in [3.05, 3.63) is 48.0 Å². The summed E-state index contributed by atoms with van der Waals surface area (Å²) < 4.78 is 89.6. The lowest BCUT2D eigenvalue weighted by molar-refractivity contribution is -0.141. The lowest BCUT2D eigenvalue weighted by Gasteiger charge is -2.19. The quantitative estimate of drug-likeness (QED) is 0.0623. The van der Waals surface area contributed by atoms with Crippen LogP contribution in [-0.2, 0) is 35.3 Å². The van der Waals surface area contributed by atoms with Gasteiger partial charge < -0.3 is 23.7 Å². The molecule has 44 heavy (non-hydrogen) atoms. The Bertz CT molecular complexity index is 1220. The van der Waals surface area contributed by atoms with Gasteiger partial charge >= 0.3 is 12.1 Å². The zero-order valence-electron chi connectivity index (χ0n) is 25.3. The summed E-state index contributed by atoms with van der Waals surface area (Å²) in [5, 5.41) is 0. The van der Waals surface area contributed by atoms with Crippen LogP contribution in [0.4, 0.5) is 13.2 Å². The first-order valence-corrected chi connectivity index (χ1v) is 16.7. The van der Waals surface area contributed by atoms with Crippen molar-refractivity contribution in [1.82, 2.24) is 0 Å². The Kier molecular flexibility index (Phi) is 17.0. The van der Waals surface area contributed by atoms with Crippen molar-refractivity contribution in [3.63, 3.8) is 0 Å². The predicted molar refractivity (Wildman–Crippen MR) is 163 cm³/mol. The molecule has 0 amide bonds. The van der Waals surface area contributed by atoms with E-state index in [0.29, 0.717) is 22.8 Å².